The zero-order valence-electron chi connectivity index (χ0n) is 10.8. The van der Waals surface area contributed by atoms with Crippen LogP contribution in [0, 0.1) is 0 Å². The van der Waals surface area contributed by atoms with Crippen LogP contribution in [0.2, 0.25) is 0 Å². The fourth-order valence-electron chi connectivity index (χ4n) is 3.01. The molecule has 2 atom stereocenters. The molecular formula is C14H18N4. The van der Waals surface area contributed by atoms with Crippen LogP contribution in [0.4, 0.5) is 0 Å². The molecule has 2 heterocycles. The number of fused-ring (bicyclic) bond motifs is 1. The normalized spacial score (nSPS) is 19.8. The molecule has 0 fully saturated rings. The molecule has 1 N–H and O–H groups in total. The number of aromatic nitrogens is 3. The third-order valence-corrected chi connectivity index (χ3v) is 3.89. The van der Waals surface area contributed by atoms with Crippen molar-refractivity contribution in [3.05, 3.63) is 47.5 Å². The summed E-state index contributed by atoms with van der Waals surface area (Å²) in [5.74, 6) is 0.446. The van der Waals surface area contributed by atoms with Crippen LogP contribution in [0.15, 0.2) is 30.6 Å². The molecular weight excluding hydrogens is 224 g/mol. The quantitative estimate of drug-likeness (QED) is 0.892. The summed E-state index contributed by atoms with van der Waals surface area (Å²) < 4.78 is 1.95. The van der Waals surface area contributed by atoms with Crippen LogP contribution in [0.1, 0.15) is 35.3 Å². The van der Waals surface area contributed by atoms with Gasteiger partial charge in [0.05, 0.1) is 11.7 Å². The Morgan fingerprint density at radius 1 is 1.39 bits per heavy atom. The third-order valence-electron chi connectivity index (χ3n) is 3.89. The maximum Gasteiger partial charge on any atom is 0.0574 e. The Labute approximate surface area is 107 Å². The molecule has 1 aliphatic carbocycles. The van der Waals surface area contributed by atoms with Gasteiger partial charge in [0, 0.05) is 31.1 Å². The Morgan fingerprint density at radius 2 is 2.28 bits per heavy atom. The first-order chi connectivity index (χ1) is 8.81. The minimum absolute atomic E-state index is 0.286. The number of aryl methyl sites for hydroxylation is 2. The average molecular weight is 242 g/mol. The van der Waals surface area contributed by atoms with E-state index in [1.165, 1.54) is 17.0 Å². The average Bonchev–Trinajstić information content (AvgIpc) is 2.99. The molecule has 2 unspecified atom stereocenters. The van der Waals surface area contributed by atoms with Gasteiger partial charge in [-0.1, -0.05) is 6.07 Å². The fraction of sp³-hybridized carbons (Fsp3) is 0.429. The molecule has 0 bridgehead atoms. The molecule has 18 heavy (non-hydrogen) atoms. The molecule has 0 aliphatic heterocycles. The highest BCUT2D eigenvalue weighted by atomic mass is 15.3. The molecule has 2 aromatic heterocycles. The summed E-state index contributed by atoms with van der Waals surface area (Å²) in [4.78, 5) is 4.58. The zero-order valence-corrected chi connectivity index (χ0v) is 10.8. The molecule has 1 aliphatic rings. The molecule has 0 saturated heterocycles. The van der Waals surface area contributed by atoms with Crippen LogP contribution in [-0.2, 0) is 13.5 Å². The van der Waals surface area contributed by atoms with Crippen molar-refractivity contribution < 1.29 is 0 Å². The monoisotopic (exact) mass is 242 g/mol. The van der Waals surface area contributed by atoms with Gasteiger partial charge in [-0.15, -0.1) is 0 Å². The maximum absolute atomic E-state index is 4.58. The first kappa shape index (κ1) is 11.4. The van der Waals surface area contributed by atoms with E-state index in [1.54, 1.807) is 0 Å². The summed E-state index contributed by atoms with van der Waals surface area (Å²) in [6.07, 6.45) is 6.04. The van der Waals surface area contributed by atoms with Crippen LogP contribution >= 0.6 is 0 Å². The maximum atomic E-state index is 4.58. The second-order valence-corrected chi connectivity index (χ2v) is 4.84. The fourth-order valence-corrected chi connectivity index (χ4v) is 3.01. The van der Waals surface area contributed by atoms with E-state index >= 15 is 0 Å². The summed E-state index contributed by atoms with van der Waals surface area (Å²) in [7, 11) is 4.01. The molecule has 0 spiro atoms. The first-order valence-electron chi connectivity index (χ1n) is 6.40. The van der Waals surface area contributed by atoms with Gasteiger partial charge in [-0.25, -0.2) is 0 Å². The Bertz CT molecular complexity index is 546. The second-order valence-electron chi connectivity index (χ2n) is 4.84. The van der Waals surface area contributed by atoms with Crippen molar-refractivity contribution in [2.24, 2.45) is 7.05 Å². The topological polar surface area (TPSA) is 42.7 Å². The predicted octanol–water partition coefficient (Wildman–Crippen LogP) is 1.81. The minimum Gasteiger partial charge on any atom is -0.311 e. The Balaban J connectivity index is 1.98. The van der Waals surface area contributed by atoms with Gasteiger partial charge >= 0.3 is 0 Å². The summed E-state index contributed by atoms with van der Waals surface area (Å²) in [5, 5.41) is 7.70. The molecule has 94 valence electrons. The van der Waals surface area contributed by atoms with Gasteiger partial charge in [0.2, 0.25) is 0 Å². The van der Waals surface area contributed by atoms with Gasteiger partial charge in [-0.3, -0.25) is 9.67 Å². The molecule has 0 amide bonds. The summed E-state index contributed by atoms with van der Waals surface area (Å²) in [6.45, 7) is 0. The minimum atomic E-state index is 0.286. The second kappa shape index (κ2) is 4.53. The number of likely N-dealkylation sites (N-methyl/N-ethyl adjacent to an activating group) is 1. The van der Waals surface area contributed by atoms with E-state index in [2.05, 4.69) is 27.5 Å². The lowest BCUT2D eigenvalue weighted by molar-refractivity contribution is 0.442. The van der Waals surface area contributed by atoms with Crippen LogP contribution in [0.25, 0.3) is 0 Å². The molecule has 3 rings (SSSR count). The van der Waals surface area contributed by atoms with E-state index in [-0.39, 0.29) is 6.04 Å². The molecule has 4 heteroatoms. The SMILES string of the molecule is CNC(c1ccnn1C)C1CCc2cccnc21. The first-order valence-corrected chi connectivity index (χ1v) is 6.40. The number of nitrogens with one attached hydrogen (secondary N) is 1. The van der Waals surface area contributed by atoms with Crippen LogP contribution in [-0.4, -0.2) is 21.8 Å². The number of hydrogen-bond acceptors (Lipinski definition) is 3. The van der Waals surface area contributed by atoms with Crippen LogP contribution in [0.5, 0.6) is 0 Å². The largest absolute Gasteiger partial charge is 0.311 e. The predicted molar refractivity (Wildman–Crippen MR) is 70.3 cm³/mol. The number of pyridine rings is 1. The van der Waals surface area contributed by atoms with Crippen molar-refractivity contribution in [3.8, 4) is 0 Å². The van der Waals surface area contributed by atoms with Crippen molar-refractivity contribution in [1.82, 2.24) is 20.1 Å². The van der Waals surface area contributed by atoms with Gasteiger partial charge in [0.15, 0.2) is 0 Å². The summed E-state index contributed by atoms with van der Waals surface area (Å²) in [6, 6.07) is 6.59. The van der Waals surface area contributed by atoms with Gasteiger partial charge in [0.25, 0.3) is 0 Å². The highest BCUT2D eigenvalue weighted by Gasteiger charge is 2.32. The van der Waals surface area contributed by atoms with E-state index in [0.717, 1.165) is 12.8 Å². The Morgan fingerprint density at radius 3 is 3.00 bits per heavy atom. The lowest BCUT2D eigenvalue weighted by Crippen LogP contribution is -2.25. The zero-order chi connectivity index (χ0) is 12.5. The lowest BCUT2D eigenvalue weighted by atomic mass is 9.94. The molecule has 0 saturated carbocycles. The Hall–Kier alpha value is -1.68. The molecule has 2 aromatic rings. The molecule has 0 radical (unpaired) electrons. The van der Waals surface area contributed by atoms with Gasteiger partial charge in [-0.05, 0) is 37.6 Å². The number of nitrogens with zero attached hydrogens (tertiary/aromatic N) is 3. The third kappa shape index (κ3) is 1.73. The number of rotatable bonds is 3. The van der Waals surface area contributed by atoms with E-state index in [9.17, 15) is 0 Å². The van der Waals surface area contributed by atoms with Crippen molar-refractivity contribution >= 4 is 0 Å². The lowest BCUT2D eigenvalue weighted by Gasteiger charge is -2.23. The van der Waals surface area contributed by atoms with Crippen molar-refractivity contribution in [1.29, 1.82) is 0 Å². The van der Waals surface area contributed by atoms with E-state index < -0.39 is 0 Å². The highest BCUT2D eigenvalue weighted by Crippen LogP contribution is 2.39. The molecule has 4 nitrogen and oxygen atoms in total. The van der Waals surface area contributed by atoms with Crippen LogP contribution < -0.4 is 5.32 Å². The van der Waals surface area contributed by atoms with Gasteiger partial charge in [-0.2, -0.15) is 5.10 Å². The van der Waals surface area contributed by atoms with Gasteiger partial charge in [0.1, 0.15) is 0 Å². The van der Waals surface area contributed by atoms with E-state index in [0.29, 0.717) is 5.92 Å². The summed E-state index contributed by atoms with van der Waals surface area (Å²) >= 11 is 0. The van der Waals surface area contributed by atoms with E-state index in [1.807, 2.05) is 37.2 Å². The van der Waals surface area contributed by atoms with Crippen LogP contribution in [0.3, 0.4) is 0 Å². The van der Waals surface area contributed by atoms with Crippen molar-refractivity contribution in [2.45, 2.75) is 24.8 Å². The smallest absolute Gasteiger partial charge is 0.0574 e. The summed E-state index contributed by atoms with van der Waals surface area (Å²) in [5.41, 5.74) is 3.86. The number of hydrogen-bond donors (Lipinski definition) is 1. The van der Waals surface area contributed by atoms with Crippen molar-refractivity contribution in [3.63, 3.8) is 0 Å². The highest BCUT2D eigenvalue weighted by molar-refractivity contribution is 5.31. The van der Waals surface area contributed by atoms with Gasteiger partial charge < -0.3 is 5.32 Å². The standard InChI is InChI=1S/C14H18N4/c1-15-14(12-7-9-17-18(12)2)11-6-5-10-4-3-8-16-13(10)11/h3-4,7-9,11,14-15H,5-6H2,1-2H3. The Kier molecular flexibility index (Phi) is 2.88. The van der Waals surface area contributed by atoms with E-state index in [4.69, 9.17) is 0 Å². The van der Waals surface area contributed by atoms with Crippen molar-refractivity contribution in [2.75, 3.05) is 7.05 Å². The molecule has 0 aromatic carbocycles.